The third-order valence-electron chi connectivity index (χ3n) is 7.32. The number of aryl methyl sites for hydroxylation is 1. The number of piperazine rings is 1. The molecule has 1 aromatic carbocycles. The highest BCUT2D eigenvalue weighted by atomic mass is 35.5. The number of benzene rings is 1. The SMILES string of the molecule is C=CC(=O)N1C[C@@H](C)N(c2nc(=O)n(-c3c(C)ccnc3S(C)(=O)=O)c3nc(-c4c(F)cccc4Cl)c(F)cc23)[C@@H](C)C1. The molecule has 2 atom stereocenters. The third kappa shape index (κ3) is 5.27. The van der Waals surface area contributed by atoms with Gasteiger partial charge in [-0.1, -0.05) is 24.2 Å². The molecule has 43 heavy (non-hydrogen) atoms. The van der Waals surface area contributed by atoms with Crippen LogP contribution >= 0.6 is 11.6 Å². The summed E-state index contributed by atoms with van der Waals surface area (Å²) in [7, 11) is -3.98. The van der Waals surface area contributed by atoms with Crippen LogP contribution in [0.1, 0.15) is 19.4 Å². The lowest BCUT2D eigenvalue weighted by Gasteiger charge is -2.45. The van der Waals surface area contributed by atoms with E-state index in [1.807, 2.05) is 13.8 Å². The number of hydrogen-bond acceptors (Lipinski definition) is 8. The first-order valence-corrected chi connectivity index (χ1v) is 15.4. The number of rotatable bonds is 5. The topological polar surface area (TPSA) is 118 Å². The van der Waals surface area contributed by atoms with Gasteiger partial charge < -0.3 is 9.80 Å². The molecular formula is C29H27ClF2N6O4S. The van der Waals surface area contributed by atoms with E-state index in [1.165, 1.54) is 30.5 Å². The fourth-order valence-electron chi connectivity index (χ4n) is 5.52. The molecule has 0 saturated carbocycles. The molecule has 5 rings (SSSR count). The van der Waals surface area contributed by atoms with E-state index in [1.54, 1.807) is 16.7 Å². The normalized spacial score (nSPS) is 17.4. The van der Waals surface area contributed by atoms with Crippen LogP contribution in [-0.2, 0) is 14.6 Å². The fraction of sp³-hybridized carbons (Fsp3) is 0.276. The van der Waals surface area contributed by atoms with Gasteiger partial charge in [0.25, 0.3) is 0 Å². The molecular weight excluding hydrogens is 602 g/mol. The Morgan fingerprint density at radius 3 is 2.40 bits per heavy atom. The molecule has 0 bridgehead atoms. The van der Waals surface area contributed by atoms with Gasteiger partial charge in [-0.25, -0.2) is 36.5 Å². The molecule has 0 aliphatic carbocycles. The Hall–Kier alpha value is -4.23. The van der Waals surface area contributed by atoms with Gasteiger partial charge in [0.2, 0.25) is 5.91 Å². The van der Waals surface area contributed by atoms with Crippen molar-refractivity contribution in [3.05, 3.63) is 81.9 Å². The average molecular weight is 629 g/mol. The second-order valence-electron chi connectivity index (χ2n) is 10.4. The second kappa shape index (κ2) is 11.1. The molecule has 1 aliphatic heterocycles. The lowest BCUT2D eigenvalue weighted by Crippen LogP contribution is -2.58. The molecule has 0 unspecified atom stereocenters. The molecule has 1 saturated heterocycles. The third-order valence-corrected chi connectivity index (χ3v) is 8.63. The Morgan fingerprint density at radius 1 is 1.12 bits per heavy atom. The summed E-state index contributed by atoms with van der Waals surface area (Å²) in [4.78, 5) is 42.4. The van der Waals surface area contributed by atoms with Crippen LogP contribution in [0.3, 0.4) is 0 Å². The van der Waals surface area contributed by atoms with E-state index >= 15 is 4.39 Å². The standard InChI is InChI=1S/C29H27ClF2N6O4S/c1-6-22(39)36-13-16(3)37(17(4)14-36)27-18-12-21(32)24(23-19(30)8-7-9-20(23)31)34-26(18)38(29(40)35-27)25-15(2)10-11-33-28(25)43(5,41)42/h6-12,16-17H,1,13-14H2,2-5H3/t16-,17+. The summed E-state index contributed by atoms with van der Waals surface area (Å²) in [5.74, 6) is -1.98. The van der Waals surface area contributed by atoms with Crippen LogP contribution in [0.25, 0.3) is 28.0 Å². The summed E-state index contributed by atoms with van der Waals surface area (Å²) in [6.45, 7) is 9.30. The zero-order valence-corrected chi connectivity index (χ0v) is 25.2. The Kier molecular flexibility index (Phi) is 7.82. The molecule has 10 nitrogen and oxygen atoms in total. The lowest BCUT2D eigenvalue weighted by molar-refractivity contribution is -0.127. The van der Waals surface area contributed by atoms with E-state index in [-0.39, 0.29) is 64.2 Å². The van der Waals surface area contributed by atoms with E-state index in [9.17, 15) is 22.4 Å². The number of amides is 1. The molecule has 4 aromatic rings. The molecule has 4 heterocycles. The maximum absolute atomic E-state index is 15.9. The van der Waals surface area contributed by atoms with E-state index < -0.39 is 37.9 Å². The minimum absolute atomic E-state index is 0.0539. The molecule has 0 radical (unpaired) electrons. The van der Waals surface area contributed by atoms with Gasteiger partial charge in [0, 0.05) is 37.6 Å². The largest absolute Gasteiger partial charge is 0.355 e. The number of carbonyl (C=O) groups excluding carboxylic acids is 1. The first kappa shape index (κ1) is 30.2. The lowest BCUT2D eigenvalue weighted by atomic mass is 10.1. The number of halogens is 3. The van der Waals surface area contributed by atoms with Crippen LogP contribution in [0.4, 0.5) is 14.6 Å². The molecule has 3 aromatic heterocycles. The number of pyridine rings is 2. The van der Waals surface area contributed by atoms with Crippen molar-refractivity contribution in [2.45, 2.75) is 37.9 Å². The summed E-state index contributed by atoms with van der Waals surface area (Å²) in [5, 5.41) is -0.480. The van der Waals surface area contributed by atoms with Crippen LogP contribution in [-0.4, -0.2) is 70.2 Å². The van der Waals surface area contributed by atoms with Crippen molar-refractivity contribution >= 4 is 44.2 Å². The fourth-order valence-corrected chi connectivity index (χ4v) is 6.63. The highest BCUT2D eigenvalue weighted by molar-refractivity contribution is 7.90. The minimum atomic E-state index is -3.98. The van der Waals surface area contributed by atoms with Gasteiger partial charge >= 0.3 is 5.69 Å². The number of nitrogens with zero attached hydrogens (tertiary/aromatic N) is 6. The van der Waals surface area contributed by atoms with Crippen molar-refractivity contribution in [1.29, 1.82) is 0 Å². The van der Waals surface area contributed by atoms with Gasteiger partial charge in [0.1, 0.15) is 17.3 Å². The monoisotopic (exact) mass is 628 g/mol. The first-order chi connectivity index (χ1) is 20.2. The molecule has 14 heteroatoms. The van der Waals surface area contributed by atoms with Gasteiger partial charge in [-0.05, 0) is 56.7 Å². The van der Waals surface area contributed by atoms with Gasteiger partial charge in [0.05, 0.1) is 21.7 Å². The minimum Gasteiger partial charge on any atom is -0.347 e. The number of carbonyl (C=O) groups is 1. The highest BCUT2D eigenvalue weighted by Crippen LogP contribution is 2.36. The van der Waals surface area contributed by atoms with Gasteiger partial charge in [0.15, 0.2) is 26.3 Å². The molecule has 1 aliphatic rings. The van der Waals surface area contributed by atoms with E-state index in [0.29, 0.717) is 5.56 Å². The number of hydrogen-bond donors (Lipinski definition) is 0. The first-order valence-electron chi connectivity index (χ1n) is 13.2. The van der Waals surface area contributed by atoms with Crippen molar-refractivity contribution < 1.29 is 22.0 Å². The van der Waals surface area contributed by atoms with Crippen LogP contribution in [0.2, 0.25) is 5.02 Å². The summed E-state index contributed by atoms with van der Waals surface area (Å²) in [6, 6.07) is 5.65. The highest BCUT2D eigenvalue weighted by Gasteiger charge is 2.35. The second-order valence-corrected chi connectivity index (χ2v) is 12.8. The quantitative estimate of drug-likeness (QED) is 0.303. The molecule has 0 N–H and O–H groups in total. The predicted molar refractivity (Wildman–Crippen MR) is 159 cm³/mol. The number of aromatic nitrogens is 4. The van der Waals surface area contributed by atoms with Crippen molar-refractivity contribution in [2.24, 2.45) is 0 Å². The van der Waals surface area contributed by atoms with Crippen LogP contribution in [0, 0.1) is 18.6 Å². The maximum Gasteiger partial charge on any atom is 0.355 e. The molecule has 1 fully saturated rings. The van der Waals surface area contributed by atoms with Crippen molar-refractivity contribution in [1.82, 2.24) is 24.4 Å². The Balaban J connectivity index is 1.89. The van der Waals surface area contributed by atoms with E-state index in [4.69, 9.17) is 11.6 Å². The van der Waals surface area contributed by atoms with E-state index in [0.717, 1.165) is 23.0 Å². The Bertz CT molecular complexity index is 1950. The summed E-state index contributed by atoms with van der Waals surface area (Å²) < 4.78 is 57.4. The molecule has 0 spiro atoms. The van der Waals surface area contributed by atoms with Gasteiger partial charge in [-0.15, -0.1) is 0 Å². The van der Waals surface area contributed by atoms with Crippen molar-refractivity contribution in [2.75, 3.05) is 24.2 Å². The predicted octanol–water partition coefficient (Wildman–Crippen LogP) is 4.10. The van der Waals surface area contributed by atoms with Gasteiger partial charge in [-0.3, -0.25) is 4.79 Å². The zero-order valence-electron chi connectivity index (χ0n) is 23.7. The zero-order chi connectivity index (χ0) is 31.4. The number of sulfone groups is 1. The van der Waals surface area contributed by atoms with Crippen LogP contribution < -0.4 is 10.6 Å². The Labute approximate surface area is 251 Å². The van der Waals surface area contributed by atoms with Crippen LogP contribution in [0.15, 0.2) is 59.0 Å². The van der Waals surface area contributed by atoms with Gasteiger partial charge in [-0.2, -0.15) is 4.98 Å². The Morgan fingerprint density at radius 2 is 1.79 bits per heavy atom. The maximum atomic E-state index is 15.9. The molecule has 224 valence electrons. The summed E-state index contributed by atoms with van der Waals surface area (Å²) in [5.41, 5.74) is -1.68. The molecule has 1 amide bonds. The van der Waals surface area contributed by atoms with Crippen LogP contribution in [0.5, 0.6) is 0 Å². The smallest absolute Gasteiger partial charge is 0.347 e. The number of anilines is 1. The summed E-state index contributed by atoms with van der Waals surface area (Å²) in [6.07, 6.45) is 3.45. The average Bonchev–Trinajstić information content (AvgIpc) is 2.92. The van der Waals surface area contributed by atoms with Crippen molar-refractivity contribution in [3.63, 3.8) is 0 Å². The van der Waals surface area contributed by atoms with Crippen molar-refractivity contribution in [3.8, 4) is 16.9 Å². The van der Waals surface area contributed by atoms with E-state index in [2.05, 4.69) is 21.5 Å². The number of fused-ring (bicyclic) bond motifs is 1. The summed E-state index contributed by atoms with van der Waals surface area (Å²) >= 11 is 6.26.